The van der Waals surface area contributed by atoms with Crippen molar-refractivity contribution in [3.8, 4) is 12.3 Å². The lowest BCUT2D eigenvalue weighted by atomic mass is 9.95. The standard InChI is InChI=1S/C21H26FN3O2/c1-3-8-23-9-6-17(7-10-23)21(27)25-13-11-24(12-14-25)20-5-4-18(16(2)26)15-19(20)22/h1,4-5,15,17H,6-14H2,2H3. The number of likely N-dealkylation sites (tertiary alicyclic amines) is 1. The summed E-state index contributed by atoms with van der Waals surface area (Å²) >= 11 is 0. The summed E-state index contributed by atoms with van der Waals surface area (Å²) in [7, 11) is 0. The van der Waals surface area contributed by atoms with Gasteiger partial charge in [-0.05, 0) is 51.1 Å². The van der Waals surface area contributed by atoms with Gasteiger partial charge in [-0.1, -0.05) is 5.92 Å². The number of benzene rings is 1. The van der Waals surface area contributed by atoms with Gasteiger partial charge in [0.05, 0.1) is 12.2 Å². The van der Waals surface area contributed by atoms with E-state index in [9.17, 15) is 14.0 Å². The molecule has 0 N–H and O–H groups in total. The molecule has 2 aliphatic rings. The Bertz CT molecular complexity index is 742. The van der Waals surface area contributed by atoms with Crippen molar-refractivity contribution in [3.05, 3.63) is 29.6 Å². The number of rotatable bonds is 4. The highest BCUT2D eigenvalue weighted by molar-refractivity contribution is 5.94. The number of terminal acetylenes is 1. The smallest absolute Gasteiger partial charge is 0.225 e. The monoisotopic (exact) mass is 371 g/mol. The Morgan fingerprint density at radius 3 is 2.37 bits per heavy atom. The van der Waals surface area contributed by atoms with E-state index in [-0.39, 0.29) is 23.4 Å². The molecule has 0 bridgehead atoms. The van der Waals surface area contributed by atoms with Crippen LogP contribution in [0, 0.1) is 24.1 Å². The van der Waals surface area contributed by atoms with Gasteiger partial charge >= 0.3 is 0 Å². The van der Waals surface area contributed by atoms with E-state index in [1.807, 2.05) is 9.80 Å². The summed E-state index contributed by atoms with van der Waals surface area (Å²) in [6, 6.07) is 4.60. The van der Waals surface area contributed by atoms with Crippen molar-refractivity contribution in [2.24, 2.45) is 5.92 Å². The number of anilines is 1. The molecule has 1 aromatic carbocycles. The topological polar surface area (TPSA) is 43.9 Å². The van der Waals surface area contributed by atoms with Crippen molar-refractivity contribution >= 4 is 17.4 Å². The van der Waals surface area contributed by atoms with Crippen LogP contribution in [0.4, 0.5) is 10.1 Å². The van der Waals surface area contributed by atoms with Crippen molar-refractivity contribution < 1.29 is 14.0 Å². The fourth-order valence-corrected chi connectivity index (χ4v) is 3.88. The largest absolute Gasteiger partial charge is 0.366 e. The zero-order chi connectivity index (χ0) is 19.4. The maximum atomic E-state index is 14.3. The van der Waals surface area contributed by atoms with Crippen LogP contribution >= 0.6 is 0 Å². The van der Waals surface area contributed by atoms with Crippen LogP contribution < -0.4 is 4.90 Å². The van der Waals surface area contributed by atoms with Crippen molar-refractivity contribution in [2.75, 3.05) is 50.7 Å². The fourth-order valence-electron chi connectivity index (χ4n) is 3.88. The molecular weight excluding hydrogens is 345 g/mol. The van der Waals surface area contributed by atoms with E-state index in [0.717, 1.165) is 25.9 Å². The first-order valence-corrected chi connectivity index (χ1v) is 9.49. The number of carbonyl (C=O) groups is 2. The van der Waals surface area contributed by atoms with Gasteiger partial charge in [0.1, 0.15) is 5.82 Å². The van der Waals surface area contributed by atoms with Crippen LogP contribution in [0.3, 0.4) is 0 Å². The summed E-state index contributed by atoms with van der Waals surface area (Å²) in [6.07, 6.45) is 7.05. The Balaban J connectivity index is 1.54. The van der Waals surface area contributed by atoms with Gasteiger partial charge in [-0.3, -0.25) is 14.5 Å². The minimum atomic E-state index is -0.386. The average molecular weight is 371 g/mol. The highest BCUT2D eigenvalue weighted by Crippen LogP contribution is 2.24. The summed E-state index contributed by atoms with van der Waals surface area (Å²) < 4.78 is 14.3. The van der Waals surface area contributed by atoms with Gasteiger partial charge in [0, 0.05) is 37.7 Å². The van der Waals surface area contributed by atoms with Gasteiger partial charge in [0.25, 0.3) is 0 Å². The normalized spacial score (nSPS) is 19.0. The van der Waals surface area contributed by atoms with Crippen LogP contribution in [-0.2, 0) is 4.79 Å². The number of halogens is 1. The minimum Gasteiger partial charge on any atom is -0.366 e. The molecule has 6 heteroatoms. The highest BCUT2D eigenvalue weighted by atomic mass is 19.1. The number of Topliss-reactive ketones (excluding diaryl/α,β-unsaturated/α-hetero) is 1. The molecular formula is C21H26FN3O2. The second-order valence-corrected chi connectivity index (χ2v) is 7.29. The second kappa shape index (κ2) is 8.53. The Hall–Kier alpha value is -2.39. The first-order chi connectivity index (χ1) is 13.0. The third-order valence-corrected chi connectivity index (χ3v) is 5.54. The van der Waals surface area contributed by atoms with Crippen LogP contribution in [0.1, 0.15) is 30.1 Å². The van der Waals surface area contributed by atoms with E-state index in [0.29, 0.717) is 44.0 Å². The molecule has 0 atom stereocenters. The molecule has 27 heavy (non-hydrogen) atoms. The second-order valence-electron chi connectivity index (χ2n) is 7.29. The predicted molar refractivity (Wildman–Crippen MR) is 103 cm³/mol. The molecule has 2 saturated heterocycles. The lowest BCUT2D eigenvalue weighted by Gasteiger charge is -2.39. The lowest BCUT2D eigenvalue weighted by Crippen LogP contribution is -2.51. The van der Waals surface area contributed by atoms with Crippen molar-refractivity contribution in [3.63, 3.8) is 0 Å². The van der Waals surface area contributed by atoms with E-state index >= 15 is 0 Å². The molecule has 3 rings (SSSR count). The SMILES string of the molecule is C#CCN1CCC(C(=O)N2CCN(c3ccc(C(C)=O)cc3F)CC2)CC1. The summed E-state index contributed by atoms with van der Waals surface area (Å²) in [5.41, 5.74) is 0.871. The molecule has 5 nitrogen and oxygen atoms in total. The molecule has 0 saturated carbocycles. The Kier molecular flexibility index (Phi) is 6.12. The Labute approximate surface area is 160 Å². The molecule has 1 aromatic rings. The van der Waals surface area contributed by atoms with Gasteiger partial charge in [-0.15, -0.1) is 6.42 Å². The number of hydrogen-bond donors (Lipinski definition) is 0. The predicted octanol–water partition coefficient (Wildman–Crippen LogP) is 2.02. The number of hydrogen-bond acceptors (Lipinski definition) is 4. The number of piperidine rings is 1. The van der Waals surface area contributed by atoms with Gasteiger partial charge in [0.15, 0.2) is 5.78 Å². The minimum absolute atomic E-state index is 0.0668. The maximum Gasteiger partial charge on any atom is 0.225 e. The fraction of sp³-hybridized carbons (Fsp3) is 0.524. The van der Waals surface area contributed by atoms with E-state index < -0.39 is 0 Å². The third-order valence-electron chi connectivity index (χ3n) is 5.54. The zero-order valence-corrected chi connectivity index (χ0v) is 15.8. The lowest BCUT2D eigenvalue weighted by molar-refractivity contribution is -0.137. The van der Waals surface area contributed by atoms with E-state index in [1.54, 1.807) is 12.1 Å². The molecule has 2 aliphatic heterocycles. The number of ketones is 1. The quantitative estimate of drug-likeness (QED) is 0.600. The molecule has 0 unspecified atom stereocenters. The number of carbonyl (C=O) groups excluding carboxylic acids is 2. The molecule has 2 fully saturated rings. The van der Waals surface area contributed by atoms with E-state index in [2.05, 4.69) is 10.8 Å². The van der Waals surface area contributed by atoms with Crippen LogP contribution in [0.2, 0.25) is 0 Å². The van der Waals surface area contributed by atoms with Gasteiger partial charge in [-0.25, -0.2) is 4.39 Å². The summed E-state index contributed by atoms with van der Waals surface area (Å²) in [4.78, 5) is 30.2. The molecule has 0 radical (unpaired) electrons. The molecule has 0 spiro atoms. The first-order valence-electron chi connectivity index (χ1n) is 9.49. The van der Waals surface area contributed by atoms with Crippen LogP contribution in [0.15, 0.2) is 18.2 Å². The molecule has 144 valence electrons. The molecule has 0 aromatic heterocycles. The highest BCUT2D eigenvalue weighted by Gasteiger charge is 2.30. The molecule has 0 aliphatic carbocycles. The number of nitrogens with zero attached hydrogens (tertiary/aromatic N) is 3. The Morgan fingerprint density at radius 2 is 1.81 bits per heavy atom. The van der Waals surface area contributed by atoms with Gasteiger partial charge in [-0.2, -0.15) is 0 Å². The summed E-state index contributed by atoms with van der Waals surface area (Å²) in [5, 5.41) is 0. The molecule has 1 amide bonds. The van der Waals surface area contributed by atoms with Crippen LogP contribution in [-0.4, -0.2) is 67.3 Å². The summed E-state index contributed by atoms with van der Waals surface area (Å²) in [6.45, 7) is 6.19. The average Bonchev–Trinajstić information content (AvgIpc) is 2.68. The van der Waals surface area contributed by atoms with E-state index in [1.165, 1.54) is 13.0 Å². The van der Waals surface area contributed by atoms with Crippen molar-refractivity contribution in [2.45, 2.75) is 19.8 Å². The number of piperazine rings is 1. The van der Waals surface area contributed by atoms with Gasteiger partial charge < -0.3 is 9.80 Å². The van der Waals surface area contributed by atoms with Gasteiger partial charge in [0.2, 0.25) is 5.91 Å². The summed E-state index contributed by atoms with van der Waals surface area (Å²) in [5.74, 6) is 2.40. The first kappa shape index (κ1) is 19.4. The van der Waals surface area contributed by atoms with Crippen molar-refractivity contribution in [1.29, 1.82) is 0 Å². The zero-order valence-electron chi connectivity index (χ0n) is 15.8. The Morgan fingerprint density at radius 1 is 1.15 bits per heavy atom. The third kappa shape index (κ3) is 4.48. The molecule has 2 heterocycles. The van der Waals surface area contributed by atoms with E-state index in [4.69, 9.17) is 6.42 Å². The maximum absolute atomic E-state index is 14.3. The van der Waals surface area contributed by atoms with Crippen LogP contribution in [0.25, 0.3) is 0 Å². The van der Waals surface area contributed by atoms with Crippen molar-refractivity contribution in [1.82, 2.24) is 9.80 Å². The van der Waals surface area contributed by atoms with Crippen LogP contribution in [0.5, 0.6) is 0 Å². The number of amides is 1.